The summed E-state index contributed by atoms with van der Waals surface area (Å²) in [6.07, 6.45) is 6.77. The highest BCUT2D eigenvalue weighted by Gasteiger charge is 2.25. The summed E-state index contributed by atoms with van der Waals surface area (Å²) in [5.74, 6) is -0.114. The van der Waals surface area contributed by atoms with Crippen molar-refractivity contribution in [3.63, 3.8) is 0 Å². The van der Waals surface area contributed by atoms with Crippen molar-refractivity contribution in [1.82, 2.24) is 10.0 Å². The van der Waals surface area contributed by atoms with Crippen molar-refractivity contribution in [3.8, 4) is 0 Å². The van der Waals surface area contributed by atoms with Crippen molar-refractivity contribution in [2.45, 2.75) is 68.8 Å². The second-order valence-corrected chi connectivity index (χ2v) is 9.57. The molecule has 0 spiro atoms. The Kier molecular flexibility index (Phi) is 7.45. The molecule has 29 heavy (non-hydrogen) atoms. The molecule has 0 bridgehead atoms. The van der Waals surface area contributed by atoms with E-state index in [0.29, 0.717) is 0 Å². The van der Waals surface area contributed by atoms with E-state index in [2.05, 4.69) is 10.0 Å². The van der Waals surface area contributed by atoms with E-state index in [1.165, 1.54) is 12.8 Å². The molecule has 1 saturated carbocycles. The van der Waals surface area contributed by atoms with Gasteiger partial charge in [0.05, 0.1) is 10.9 Å². The van der Waals surface area contributed by atoms with E-state index in [-0.39, 0.29) is 23.3 Å². The number of hydrogen-bond donors (Lipinski definition) is 2. The van der Waals surface area contributed by atoms with Gasteiger partial charge >= 0.3 is 0 Å². The zero-order valence-corrected chi connectivity index (χ0v) is 17.8. The number of aryl methyl sites for hydroxylation is 1. The van der Waals surface area contributed by atoms with Crippen LogP contribution in [0.5, 0.6) is 0 Å². The van der Waals surface area contributed by atoms with Crippen LogP contribution in [0.3, 0.4) is 0 Å². The van der Waals surface area contributed by atoms with Crippen molar-refractivity contribution in [2.75, 3.05) is 0 Å². The smallest absolute Gasteiger partial charge is 0.241 e. The molecule has 0 saturated heterocycles. The summed E-state index contributed by atoms with van der Waals surface area (Å²) in [4.78, 5) is 12.9. The summed E-state index contributed by atoms with van der Waals surface area (Å²) < 4.78 is 28.5. The van der Waals surface area contributed by atoms with Crippen molar-refractivity contribution >= 4 is 15.9 Å². The van der Waals surface area contributed by atoms with Crippen LogP contribution in [0, 0.1) is 6.92 Å². The van der Waals surface area contributed by atoms with E-state index in [1.54, 1.807) is 24.3 Å². The number of nitrogens with one attached hydrogen (secondary N) is 2. The molecule has 6 heteroatoms. The Morgan fingerprint density at radius 1 is 0.966 bits per heavy atom. The standard InChI is InChI=1S/C23H30N2O3S/c1-18-13-15-21(16-14-18)29(27,28)25-22(19-9-5-4-6-10-19)17-23(26)24-20-11-7-2-3-8-12-20/h4-6,9-10,13-16,20,22,25H,2-3,7-8,11-12,17H2,1H3,(H,24,26). The van der Waals surface area contributed by atoms with E-state index in [9.17, 15) is 13.2 Å². The molecule has 1 aliphatic carbocycles. The maximum atomic E-state index is 12.9. The number of carbonyl (C=O) groups excluding carboxylic acids is 1. The van der Waals surface area contributed by atoms with Crippen molar-refractivity contribution in [2.24, 2.45) is 0 Å². The van der Waals surface area contributed by atoms with E-state index in [1.807, 2.05) is 37.3 Å². The molecule has 1 aliphatic rings. The number of hydrogen-bond acceptors (Lipinski definition) is 3. The van der Waals surface area contributed by atoms with Crippen LogP contribution in [-0.2, 0) is 14.8 Å². The van der Waals surface area contributed by atoms with Crippen LogP contribution < -0.4 is 10.0 Å². The topological polar surface area (TPSA) is 75.3 Å². The van der Waals surface area contributed by atoms with Crippen LogP contribution in [0.1, 0.15) is 62.1 Å². The van der Waals surface area contributed by atoms with Gasteiger partial charge in [-0.25, -0.2) is 13.1 Å². The summed E-state index contributed by atoms with van der Waals surface area (Å²) in [6.45, 7) is 1.91. The maximum absolute atomic E-state index is 12.9. The van der Waals surface area contributed by atoms with Crippen LogP contribution in [0.2, 0.25) is 0 Å². The van der Waals surface area contributed by atoms with Crippen LogP contribution in [0.25, 0.3) is 0 Å². The van der Waals surface area contributed by atoms with Gasteiger partial charge in [-0.1, -0.05) is 73.7 Å². The summed E-state index contributed by atoms with van der Waals surface area (Å²) in [6, 6.07) is 15.6. The average Bonchev–Trinajstić information content (AvgIpc) is 2.97. The van der Waals surface area contributed by atoms with Gasteiger partial charge < -0.3 is 5.32 Å². The summed E-state index contributed by atoms with van der Waals surface area (Å²) >= 11 is 0. The number of sulfonamides is 1. The molecule has 2 aromatic carbocycles. The first kappa shape index (κ1) is 21.5. The van der Waals surface area contributed by atoms with Crippen molar-refractivity contribution < 1.29 is 13.2 Å². The molecular weight excluding hydrogens is 384 g/mol. The summed E-state index contributed by atoms with van der Waals surface area (Å²) in [5, 5.41) is 3.12. The molecule has 2 aromatic rings. The second-order valence-electron chi connectivity index (χ2n) is 7.86. The average molecular weight is 415 g/mol. The Bertz CT molecular complexity index is 887. The van der Waals surface area contributed by atoms with Gasteiger partial charge in [0.15, 0.2) is 0 Å². The first-order valence-corrected chi connectivity index (χ1v) is 11.9. The number of carbonyl (C=O) groups is 1. The molecule has 156 valence electrons. The highest BCUT2D eigenvalue weighted by molar-refractivity contribution is 7.89. The Balaban J connectivity index is 1.74. The van der Waals surface area contributed by atoms with E-state index in [4.69, 9.17) is 0 Å². The molecule has 1 unspecified atom stereocenters. The van der Waals surface area contributed by atoms with E-state index >= 15 is 0 Å². The lowest BCUT2D eigenvalue weighted by molar-refractivity contribution is -0.122. The molecule has 5 nitrogen and oxygen atoms in total. The highest BCUT2D eigenvalue weighted by atomic mass is 32.2. The molecule has 3 rings (SSSR count). The van der Waals surface area contributed by atoms with Crippen LogP contribution in [0.4, 0.5) is 0 Å². The Morgan fingerprint density at radius 2 is 1.59 bits per heavy atom. The number of amides is 1. The Hall–Kier alpha value is -2.18. The van der Waals surface area contributed by atoms with Crippen LogP contribution in [0.15, 0.2) is 59.5 Å². The first-order valence-electron chi connectivity index (χ1n) is 10.4. The third-order valence-corrected chi connectivity index (χ3v) is 6.93. The molecule has 0 aliphatic heterocycles. The third-order valence-electron chi connectivity index (χ3n) is 5.44. The van der Waals surface area contributed by atoms with Gasteiger partial charge in [0, 0.05) is 12.5 Å². The normalized spacial score (nSPS) is 16.7. The Morgan fingerprint density at radius 3 is 2.21 bits per heavy atom. The van der Waals surface area contributed by atoms with Crippen LogP contribution in [-0.4, -0.2) is 20.4 Å². The largest absolute Gasteiger partial charge is 0.353 e. The SMILES string of the molecule is Cc1ccc(S(=O)(=O)NC(CC(=O)NC2CCCCCC2)c2ccccc2)cc1. The maximum Gasteiger partial charge on any atom is 0.241 e. The minimum atomic E-state index is -3.74. The summed E-state index contributed by atoms with van der Waals surface area (Å²) in [7, 11) is -3.74. The van der Waals surface area contributed by atoms with Crippen LogP contribution >= 0.6 is 0 Å². The van der Waals surface area contributed by atoms with Gasteiger partial charge in [-0.05, 0) is 37.5 Å². The van der Waals surface area contributed by atoms with Gasteiger partial charge in [-0.3, -0.25) is 4.79 Å². The number of rotatable bonds is 7. The molecule has 1 fully saturated rings. The molecule has 0 aromatic heterocycles. The van der Waals surface area contributed by atoms with Gasteiger partial charge in [0.1, 0.15) is 0 Å². The fourth-order valence-electron chi connectivity index (χ4n) is 3.78. The van der Waals surface area contributed by atoms with Crippen molar-refractivity contribution in [1.29, 1.82) is 0 Å². The van der Waals surface area contributed by atoms with Crippen molar-refractivity contribution in [3.05, 3.63) is 65.7 Å². The lowest BCUT2D eigenvalue weighted by atomic mass is 10.0. The minimum Gasteiger partial charge on any atom is -0.353 e. The molecular formula is C23H30N2O3S. The predicted octanol–water partition coefficient (Wildman–Crippen LogP) is 4.24. The lowest BCUT2D eigenvalue weighted by Gasteiger charge is -2.21. The molecule has 0 radical (unpaired) electrons. The number of benzene rings is 2. The fraction of sp³-hybridized carbons (Fsp3) is 0.435. The predicted molar refractivity (Wildman–Crippen MR) is 115 cm³/mol. The monoisotopic (exact) mass is 414 g/mol. The Labute approximate surface area is 174 Å². The molecule has 2 N–H and O–H groups in total. The highest BCUT2D eigenvalue weighted by Crippen LogP contribution is 2.22. The fourth-order valence-corrected chi connectivity index (χ4v) is 5.01. The zero-order chi connectivity index (χ0) is 20.7. The third kappa shape index (κ3) is 6.41. The summed E-state index contributed by atoms with van der Waals surface area (Å²) in [5.41, 5.74) is 1.77. The second kappa shape index (κ2) is 10.0. The first-order chi connectivity index (χ1) is 13.9. The molecule has 1 atom stereocenters. The van der Waals surface area contributed by atoms with Gasteiger partial charge in [-0.2, -0.15) is 0 Å². The lowest BCUT2D eigenvalue weighted by Crippen LogP contribution is -2.38. The van der Waals surface area contributed by atoms with Gasteiger partial charge in [-0.15, -0.1) is 0 Å². The quantitative estimate of drug-likeness (QED) is 0.665. The molecule has 1 amide bonds. The van der Waals surface area contributed by atoms with E-state index in [0.717, 1.165) is 36.8 Å². The van der Waals surface area contributed by atoms with Gasteiger partial charge in [0.2, 0.25) is 15.9 Å². The minimum absolute atomic E-state index is 0.0750. The zero-order valence-electron chi connectivity index (χ0n) is 16.9. The van der Waals surface area contributed by atoms with E-state index < -0.39 is 16.1 Å². The van der Waals surface area contributed by atoms with Gasteiger partial charge in [0.25, 0.3) is 0 Å². The molecule has 0 heterocycles.